The number of hydrogen-bond acceptors (Lipinski definition) is 3. The Morgan fingerprint density at radius 1 is 1.03 bits per heavy atom. The van der Waals surface area contributed by atoms with Crippen LogP contribution in [0, 0.1) is 12.7 Å². The Bertz CT molecular complexity index is 1180. The summed E-state index contributed by atoms with van der Waals surface area (Å²) in [5.74, 6) is 0.846. The highest BCUT2D eigenvalue weighted by Crippen LogP contribution is 2.44. The third-order valence-corrected chi connectivity index (χ3v) is 9.24. The summed E-state index contributed by atoms with van der Waals surface area (Å²) in [6.07, 6.45) is 8.16. The van der Waals surface area contributed by atoms with E-state index >= 15 is 0 Å². The van der Waals surface area contributed by atoms with Gasteiger partial charge in [0.05, 0.1) is 16.1 Å². The second-order valence-electron chi connectivity index (χ2n) is 10.7. The van der Waals surface area contributed by atoms with E-state index in [4.69, 9.17) is 16.6 Å². The number of halogens is 4. The number of aromatic nitrogens is 2. The first-order valence-electron chi connectivity index (χ1n) is 12.9. The lowest BCUT2D eigenvalue weighted by molar-refractivity contribution is 0.0928. The molecule has 196 valence electrons. The van der Waals surface area contributed by atoms with Gasteiger partial charge in [0.25, 0.3) is 0 Å². The first kappa shape index (κ1) is 27.7. The minimum absolute atomic E-state index is 0. The van der Waals surface area contributed by atoms with Gasteiger partial charge in [0.2, 0.25) is 0 Å². The van der Waals surface area contributed by atoms with Crippen LogP contribution in [0.2, 0.25) is 5.02 Å². The minimum atomic E-state index is -0.291. The maximum absolute atomic E-state index is 14.4. The zero-order chi connectivity index (χ0) is 23.3. The number of aryl methyl sites for hydroxylation is 1. The van der Waals surface area contributed by atoms with Gasteiger partial charge in [0.1, 0.15) is 11.6 Å². The molecule has 3 aromatic rings. The van der Waals surface area contributed by atoms with Crippen LogP contribution in [0.1, 0.15) is 62.4 Å². The quantitative estimate of drug-likeness (QED) is 0.375. The van der Waals surface area contributed by atoms with Crippen LogP contribution in [0.15, 0.2) is 42.5 Å². The fourth-order valence-corrected chi connectivity index (χ4v) is 7.32. The van der Waals surface area contributed by atoms with Crippen molar-refractivity contribution in [2.45, 2.75) is 75.4 Å². The smallest absolute Gasteiger partial charge is 0.142 e. The van der Waals surface area contributed by atoms with Gasteiger partial charge in [-0.2, -0.15) is 0 Å². The Morgan fingerprint density at radius 3 is 2.42 bits per heavy atom. The van der Waals surface area contributed by atoms with Crippen LogP contribution < -0.4 is 5.32 Å². The SMILES string of the molecule is Cc1nc2ccccc2n1C1CC2CCC(C1)N2CCC1(c2ccc(Cl)c(F)c2)CCNCC1.Cl.Cl. The number of hydrogen-bond donors (Lipinski definition) is 1. The van der Waals surface area contributed by atoms with Crippen LogP contribution in [-0.2, 0) is 5.41 Å². The molecular formula is C28H36Cl3FN4. The average molecular weight is 554 g/mol. The van der Waals surface area contributed by atoms with Crippen molar-refractivity contribution >= 4 is 47.4 Å². The van der Waals surface area contributed by atoms with Crippen LogP contribution in [0.25, 0.3) is 11.0 Å². The van der Waals surface area contributed by atoms with E-state index in [1.54, 1.807) is 12.1 Å². The van der Waals surface area contributed by atoms with E-state index in [9.17, 15) is 4.39 Å². The van der Waals surface area contributed by atoms with Gasteiger partial charge in [-0.15, -0.1) is 24.8 Å². The molecule has 3 fully saturated rings. The largest absolute Gasteiger partial charge is 0.325 e. The molecule has 0 saturated carbocycles. The van der Waals surface area contributed by atoms with Crippen LogP contribution in [0.5, 0.6) is 0 Å². The Labute approximate surface area is 230 Å². The summed E-state index contributed by atoms with van der Waals surface area (Å²) in [6.45, 7) is 5.23. The molecule has 4 heterocycles. The highest BCUT2D eigenvalue weighted by molar-refractivity contribution is 6.30. The van der Waals surface area contributed by atoms with Gasteiger partial charge >= 0.3 is 0 Å². The number of fused-ring (bicyclic) bond motifs is 3. The molecule has 2 bridgehead atoms. The van der Waals surface area contributed by atoms with Gasteiger partial charge in [-0.1, -0.05) is 29.8 Å². The van der Waals surface area contributed by atoms with E-state index in [-0.39, 0.29) is 41.1 Å². The molecule has 2 atom stereocenters. The predicted molar refractivity (Wildman–Crippen MR) is 151 cm³/mol. The lowest BCUT2D eigenvalue weighted by atomic mass is 9.70. The third kappa shape index (κ3) is 4.90. The molecule has 3 aliphatic rings. The van der Waals surface area contributed by atoms with E-state index in [1.165, 1.54) is 31.2 Å². The van der Waals surface area contributed by atoms with Crippen molar-refractivity contribution in [3.8, 4) is 0 Å². The summed E-state index contributed by atoms with van der Waals surface area (Å²) in [5, 5.41) is 3.72. The molecule has 3 saturated heterocycles. The van der Waals surface area contributed by atoms with Crippen LogP contribution in [0.4, 0.5) is 4.39 Å². The van der Waals surface area contributed by atoms with E-state index in [0.717, 1.165) is 55.8 Å². The maximum atomic E-state index is 14.4. The molecule has 2 unspecified atom stereocenters. The highest BCUT2D eigenvalue weighted by atomic mass is 35.5. The van der Waals surface area contributed by atoms with E-state index in [1.807, 2.05) is 0 Å². The zero-order valence-corrected chi connectivity index (χ0v) is 23.1. The van der Waals surface area contributed by atoms with Crippen molar-refractivity contribution in [1.29, 1.82) is 0 Å². The Hall–Kier alpha value is -1.37. The molecule has 0 spiro atoms. The normalized spacial score (nSPS) is 25.4. The number of para-hydroxylation sites is 2. The fourth-order valence-electron chi connectivity index (χ4n) is 7.20. The van der Waals surface area contributed by atoms with Gasteiger partial charge in [-0.3, -0.25) is 4.90 Å². The number of nitrogens with one attached hydrogen (secondary N) is 1. The fraction of sp³-hybridized carbons (Fsp3) is 0.536. The first-order chi connectivity index (χ1) is 16.5. The van der Waals surface area contributed by atoms with E-state index < -0.39 is 0 Å². The molecule has 36 heavy (non-hydrogen) atoms. The van der Waals surface area contributed by atoms with Crippen LogP contribution in [0.3, 0.4) is 0 Å². The summed E-state index contributed by atoms with van der Waals surface area (Å²) in [6, 6.07) is 15.8. The van der Waals surface area contributed by atoms with Crippen molar-refractivity contribution in [3.63, 3.8) is 0 Å². The highest BCUT2D eigenvalue weighted by Gasteiger charge is 2.43. The number of nitrogens with zero attached hydrogens (tertiary/aromatic N) is 3. The molecule has 0 radical (unpaired) electrons. The molecule has 2 aromatic carbocycles. The van der Waals surface area contributed by atoms with Gasteiger partial charge in [0, 0.05) is 18.1 Å². The minimum Gasteiger partial charge on any atom is -0.325 e. The second-order valence-corrected chi connectivity index (χ2v) is 11.1. The number of imidazole rings is 1. The Balaban J connectivity index is 0.00000152. The second kappa shape index (κ2) is 11.2. The van der Waals surface area contributed by atoms with E-state index in [0.29, 0.717) is 18.1 Å². The average Bonchev–Trinajstić information content (AvgIpc) is 3.31. The molecular weight excluding hydrogens is 518 g/mol. The molecule has 1 N–H and O–H groups in total. The molecule has 0 aliphatic carbocycles. The molecule has 4 nitrogen and oxygen atoms in total. The zero-order valence-electron chi connectivity index (χ0n) is 20.8. The Kier molecular flexibility index (Phi) is 8.58. The summed E-state index contributed by atoms with van der Waals surface area (Å²) in [4.78, 5) is 7.63. The molecule has 3 aliphatic heterocycles. The summed E-state index contributed by atoms with van der Waals surface area (Å²) in [7, 11) is 0. The first-order valence-corrected chi connectivity index (χ1v) is 13.3. The molecule has 0 amide bonds. The monoisotopic (exact) mass is 552 g/mol. The maximum Gasteiger partial charge on any atom is 0.142 e. The summed E-state index contributed by atoms with van der Waals surface area (Å²) in [5.41, 5.74) is 3.54. The molecule has 6 rings (SSSR count). The van der Waals surface area contributed by atoms with Crippen molar-refractivity contribution in [3.05, 3.63) is 64.7 Å². The lowest BCUT2D eigenvalue weighted by Crippen LogP contribution is -2.47. The van der Waals surface area contributed by atoms with Gasteiger partial charge < -0.3 is 9.88 Å². The summed E-state index contributed by atoms with van der Waals surface area (Å²) < 4.78 is 16.9. The number of benzene rings is 2. The van der Waals surface area contributed by atoms with Crippen molar-refractivity contribution in [1.82, 2.24) is 19.8 Å². The third-order valence-electron chi connectivity index (χ3n) is 8.94. The van der Waals surface area contributed by atoms with Gasteiger partial charge in [-0.25, -0.2) is 9.37 Å². The van der Waals surface area contributed by atoms with Gasteiger partial charge in [0.15, 0.2) is 0 Å². The van der Waals surface area contributed by atoms with E-state index in [2.05, 4.69) is 52.0 Å². The number of piperidine rings is 2. The lowest BCUT2D eigenvalue weighted by Gasteiger charge is -2.44. The Morgan fingerprint density at radius 2 is 1.72 bits per heavy atom. The topological polar surface area (TPSA) is 33.1 Å². The van der Waals surface area contributed by atoms with Crippen molar-refractivity contribution in [2.24, 2.45) is 0 Å². The van der Waals surface area contributed by atoms with Crippen LogP contribution in [-0.4, -0.2) is 46.2 Å². The molecule has 1 aromatic heterocycles. The molecule has 8 heteroatoms. The van der Waals surface area contributed by atoms with Crippen LogP contribution >= 0.6 is 36.4 Å². The number of rotatable bonds is 5. The standard InChI is InChI=1S/C28H34ClFN4.2ClH/c1-19-32-26-4-2-3-5-27(26)34(19)23-17-21-7-8-22(18-23)33(21)15-12-28(10-13-31-14-11-28)20-6-9-24(29)25(30)16-20;;/h2-6,9,16,21-23,31H,7-8,10-15,17-18H2,1H3;2*1H. The predicted octanol–water partition coefficient (Wildman–Crippen LogP) is 6.86. The summed E-state index contributed by atoms with van der Waals surface area (Å²) >= 11 is 6.01. The van der Waals surface area contributed by atoms with Gasteiger partial charge in [-0.05, 0) is 107 Å². The van der Waals surface area contributed by atoms with Crippen molar-refractivity contribution < 1.29 is 4.39 Å². The van der Waals surface area contributed by atoms with Crippen molar-refractivity contribution in [2.75, 3.05) is 19.6 Å².